The summed E-state index contributed by atoms with van der Waals surface area (Å²) >= 11 is 0. The van der Waals surface area contributed by atoms with Crippen LogP contribution >= 0.6 is 0 Å². The highest BCUT2D eigenvalue weighted by Gasteiger charge is 2.25. The molecule has 0 unspecified atom stereocenters. The highest BCUT2D eigenvalue weighted by molar-refractivity contribution is 5.81. The highest BCUT2D eigenvalue weighted by atomic mass is 19.1. The maximum absolute atomic E-state index is 14.5. The molecule has 1 saturated heterocycles. The molecule has 2 aromatic heterocycles. The molecule has 1 N–H and O–H groups in total. The monoisotopic (exact) mass is 448 g/mol. The molecule has 3 heterocycles. The van der Waals surface area contributed by atoms with Crippen molar-refractivity contribution in [3.63, 3.8) is 0 Å². The Labute approximate surface area is 191 Å². The van der Waals surface area contributed by atoms with Gasteiger partial charge in [0, 0.05) is 37.9 Å². The van der Waals surface area contributed by atoms with E-state index < -0.39 is 5.82 Å². The van der Waals surface area contributed by atoms with Crippen molar-refractivity contribution in [2.24, 2.45) is 7.05 Å². The summed E-state index contributed by atoms with van der Waals surface area (Å²) in [6, 6.07) is 10.1. The van der Waals surface area contributed by atoms with Crippen molar-refractivity contribution in [1.82, 2.24) is 19.9 Å². The summed E-state index contributed by atoms with van der Waals surface area (Å²) in [5.41, 5.74) is 1.59. The average Bonchev–Trinajstić information content (AvgIpc) is 2.85. The Kier molecular flexibility index (Phi) is 6.38. The van der Waals surface area contributed by atoms with E-state index >= 15 is 0 Å². The lowest BCUT2D eigenvalue weighted by molar-refractivity contribution is 0.386. The van der Waals surface area contributed by atoms with Crippen molar-refractivity contribution in [3.05, 3.63) is 58.4 Å². The zero-order chi connectivity index (χ0) is 23.5. The summed E-state index contributed by atoms with van der Waals surface area (Å²) in [4.78, 5) is 24.7. The molecule has 0 atom stereocenters. The smallest absolute Gasteiger partial charge is 0.263 e. The van der Waals surface area contributed by atoms with Gasteiger partial charge in [0.2, 0.25) is 5.95 Å². The number of hydrogen-bond acceptors (Lipinski definition) is 7. The third kappa shape index (κ3) is 4.30. The summed E-state index contributed by atoms with van der Waals surface area (Å²) in [6.45, 7) is 1.51. The second-order valence-corrected chi connectivity index (χ2v) is 7.94. The lowest BCUT2D eigenvalue weighted by Gasteiger charge is -2.33. The molecule has 0 radical (unpaired) electrons. The van der Waals surface area contributed by atoms with Gasteiger partial charge in [-0.3, -0.25) is 9.36 Å². The normalized spacial score (nSPS) is 14.2. The quantitative estimate of drug-likeness (QED) is 0.641. The Morgan fingerprint density at radius 2 is 1.94 bits per heavy atom. The summed E-state index contributed by atoms with van der Waals surface area (Å²) in [7, 11) is 5.02. The van der Waals surface area contributed by atoms with Crippen LogP contribution in [0.25, 0.3) is 22.4 Å². The predicted octanol–water partition coefficient (Wildman–Crippen LogP) is 2.72. The SMILES string of the molecule is CNC1CCN(c2nc(-c3ccc(C#N)nc3)c(-c3ccc(OC)c(F)c3)c(=O)n2C)CC1. The minimum Gasteiger partial charge on any atom is -0.494 e. The average molecular weight is 449 g/mol. The number of halogens is 1. The molecule has 4 rings (SSSR count). The number of hydrogen-bond donors (Lipinski definition) is 1. The van der Waals surface area contributed by atoms with Crippen LogP contribution in [0.5, 0.6) is 5.75 Å². The van der Waals surface area contributed by atoms with E-state index in [4.69, 9.17) is 15.0 Å². The molecule has 0 spiro atoms. The molecule has 1 aliphatic rings. The molecular formula is C24H25FN6O2. The van der Waals surface area contributed by atoms with E-state index in [0.717, 1.165) is 25.9 Å². The first kappa shape index (κ1) is 22.4. The van der Waals surface area contributed by atoms with Gasteiger partial charge in [0.25, 0.3) is 5.56 Å². The van der Waals surface area contributed by atoms with Gasteiger partial charge in [-0.15, -0.1) is 0 Å². The molecule has 1 aliphatic heterocycles. The van der Waals surface area contributed by atoms with Gasteiger partial charge in [0.05, 0.1) is 18.4 Å². The molecule has 3 aromatic rings. The third-order valence-corrected chi connectivity index (χ3v) is 6.05. The molecule has 8 nitrogen and oxygen atoms in total. The zero-order valence-electron chi connectivity index (χ0n) is 18.8. The van der Waals surface area contributed by atoms with Crippen molar-refractivity contribution < 1.29 is 9.13 Å². The first-order valence-corrected chi connectivity index (χ1v) is 10.7. The lowest BCUT2D eigenvalue weighted by Crippen LogP contribution is -2.43. The number of piperidine rings is 1. The van der Waals surface area contributed by atoms with E-state index in [-0.39, 0.29) is 22.6 Å². The Hall–Kier alpha value is -3.77. The van der Waals surface area contributed by atoms with Crippen LogP contribution in [-0.4, -0.2) is 47.8 Å². The van der Waals surface area contributed by atoms with Gasteiger partial charge in [-0.1, -0.05) is 6.07 Å². The first-order valence-electron chi connectivity index (χ1n) is 10.7. The number of pyridine rings is 1. The van der Waals surface area contributed by atoms with Crippen molar-refractivity contribution >= 4 is 5.95 Å². The Morgan fingerprint density at radius 1 is 1.21 bits per heavy atom. The first-order chi connectivity index (χ1) is 16.0. The van der Waals surface area contributed by atoms with E-state index in [2.05, 4.69) is 15.2 Å². The molecule has 1 fully saturated rings. The fraction of sp³-hybridized carbons (Fsp3) is 0.333. The fourth-order valence-corrected chi connectivity index (χ4v) is 4.13. The van der Waals surface area contributed by atoms with Crippen LogP contribution < -0.4 is 20.5 Å². The second kappa shape index (κ2) is 9.38. The number of ether oxygens (including phenoxy) is 1. The Bertz CT molecular complexity index is 1260. The Morgan fingerprint density at radius 3 is 2.52 bits per heavy atom. The van der Waals surface area contributed by atoms with Crippen LogP contribution in [0.4, 0.5) is 10.3 Å². The molecule has 0 bridgehead atoms. The number of aromatic nitrogens is 3. The number of nitrogens with one attached hydrogen (secondary N) is 1. The number of rotatable bonds is 5. The molecular weight excluding hydrogens is 423 g/mol. The van der Waals surface area contributed by atoms with Gasteiger partial charge in [-0.05, 0) is 49.7 Å². The van der Waals surface area contributed by atoms with Crippen molar-refractivity contribution in [1.29, 1.82) is 5.26 Å². The molecule has 1 aromatic carbocycles. The minimum absolute atomic E-state index is 0.0918. The lowest BCUT2D eigenvalue weighted by atomic mass is 10.0. The summed E-state index contributed by atoms with van der Waals surface area (Å²) in [5.74, 6) is 0.0694. The Balaban J connectivity index is 1.90. The van der Waals surface area contributed by atoms with Crippen LogP contribution in [0.1, 0.15) is 18.5 Å². The van der Waals surface area contributed by atoms with Crippen LogP contribution in [-0.2, 0) is 7.05 Å². The van der Waals surface area contributed by atoms with Crippen molar-refractivity contribution in [2.45, 2.75) is 18.9 Å². The number of benzene rings is 1. The zero-order valence-corrected chi connectivity index (χ0v) is 18.8. The number of anilines is 1. The number of nitriles is 1. The van der Waals surface area contributed by atoms with Gasteiger partial charge in [0.1, 0.15) is 11.8 Å². The molecule has 170 valence electrons. The van der Waals surface area contributed by atoms with Gasteiger partial charge in [-0.25, -0.2) is 14.4 Å². The topological polar surface area (TPSA) is 96.1 Å². The van der Waals surface area contributed by atoms with E-state index in [1.807, 2.05) is 13.1 Å². The van der Waals surface area contributed by atoms with Crippen LogP contribution in [0.2, 0.25) is 0 Å². The molecule has 33 heavy (non-hydrogen) atoms. The summed E-state index contributed by atoms with van der Waals surface area (Å²) < 4.78 is 21.1. The summed E-state index contributed by atoms with van der Waals surface area (Å²) in [6.07, 6.45) is 3.39. The van der Waals surface area contributed by atoms with Crippen LogP contribution in [0.15, 0.2) is 41.3 Å². The van der Waals surface area contributed by atoms with Crippen molar-refractivity contribution in [2.75, 3.05) is 32.1 Å². The summed E-state index contributed by atoms with van der Waals surface area (Å²) in [5, 5.41) is 12.4. The molecule has 0 saturated carbocycles. The van der Waals surface area contributed by atoms with Crippen molar-refractivity contribution in [3.8, 4) is 34.2 Å². The maximum Gasteiger partial charge on any atom is 0.263 e. The van der Waals surface area contributed by atoms with Gasteiger partial charge < -0.3 is 15.0 Å². The molecule has 9 heteroatoms. The third-order valence-electron chi connectivity index (χ3n) is 6.05. The standard InChI is InChI=1S/C24H25FN6O2/c1-27-17-8-10-31(11-9-17)24-29-22(16-4-6-18(13-26)28-14-16)21(23(32)30(24)2)15-5-7-20(33-3)19(25)12-15/h4-7,12,14,17,27H,8-11H2,1-3H3. The number of methoxy groups -OCH3 is 1. The molecule has 0 aliphatic carbocycles. The number of nitrogens with zero attached hydrogens (tertiary/aromatic N) is 5. The minimum atomic E-state index is -0.570. The van der Waals surface area contributed by atoms with E-state index in [9.17, 15) is 9.18 Å². The fourth-order valence-electron chi connectivity index (χ4n) is 4.13. The predicted molar refractivity (Wildman–Crippen MR) is 124 cm³/mol. The molecule has 0 amide bonds. The van der Waals surface area contributed by atoms with E-state index in [1.54, 1.807) is 25.2 Å². The highest BCUT2D eigenvalue weighted by Crippen LogP contribution is 2.32. The van der Waals surface area contributed by atoms with E-state index in [1.165, 1.54) is 30.0 Å². The van der Waals surface area contributed by atoms with Crippen LogP contribution in [0.3, 0.4) is 0 Å². The largest absolute Gasteiger partial charge is 0.494 e. The van der Waals surface area contributed by atoms with Gasteiger partial charge >= 0.3 is 0 Å². The van der Waals surface area contributed by atoms with Gasteiger partial charge in [0.15, 0.2) is 11.6 Å². The second-order valence-electron chi connectivity index (χ2n) is 7.94. The van der Waals surface area contributed by atoms with Crippen LogP contribution in [0, 0.1) is 17.1 Å². The van der Waals surface area contributed by atoms with Gasteiger partial charge in [-0.2, -0.15) is 5.26 Å². The van der Waals surface area contributed by atoms with E-state index in [0.29, 0.717) is 28.8 Å². The maximum atomic E-state index is 14.5.